The molecule has 1 amide bonds. The minimum Gasteiger partial charge on any atom is -0.478 e. The SMILES string of the molecule is CC1N(c2ccc(OC(C)(C)C(=O)O)cc2)C(=O)c2ccccc2N1c1ccccc1. The first kappa shape index (κ1) is 20.5. The number of fused-ring (bicyclic) bond motifs is 1. The number of hydrogen-bond donors (Lipinski definition) is 1. The highest BCUT2D eigenvalue weighted by Gasteiger charge is 2.36. The Hall–Kier alpha value is -3.80. The lowest BCUT2D eigenvalue weighted by Crippen LogP contribution is -2.52. The van der Waals surface area contributed by atoms with Crippen molar-refractivity contribution in [2.45, 2.75) is 32.5 Å². The predicted octanol–water partition coefficient (Wildman–Crippen LogP) is 5.07. The maximum atomic E-state index is 13.4. The van der Waals surface area contributed by atoms with Gasteiger partial charge in [-0.05, 0) is 69.3 Å². The van der Waals surface area contributed by atoms with Crippen LogP contribution in [0.3, 0.4) is 0 Å². The summed E-state index contributed by atoms with van der Waals surface area (Å²) >= 11 is 0. The number of nitrogens with zero attached hydrogens (tertiary/aromatic N) is 2. The van der Waals surface area contributed by atoms with E-state index >= 15 is 0 Å². The van der Waals surface area contributed by atoms with Gasteiger partial charge in [0.15, 0.2) is 5.60 Å². The number of carboxylic acids is 1. The van der Waals surface area contributed by atoms with Crippen molar-refractivity contribution in [2.75, 3.05) is 9.80 Å². The second-order valence-electron chi connectivity index (χ2n) is 7.94. The molecular formula is C25H24N2O4. The van der Waals surface area contributed by atoms with E-state index in [-0.39, 0.29) is 12.1 Å². The molecule has 1 unspecified atom stereocenters. The number of carbonyl (C=O) groups excluding carboxylic acids is 1. The van der Waals surface area contributed by atoms with Gasteiger partial charge < -0.3 is 14.7 Å². The number of ether oxygens (including phenoxy) is 1. The lowest BCUT2D eigenvalue weighted by molar-refractivity contribution is -0.152. The molecular weight excluding hydrogens is 392 g/mol. The molecule has 3 aromatic rings. The first-order chi connectivity index (χ1) is 14.8. The van der Waals surface area contributed by atoms with Crippen LogP contribution in [0.2, 0.25) is 0 Å². The van der Waals surface area contributed by atoms with Gasteiger partial charge >= 0.3 is 5.97 Å². The van der Waals surface area contributed by atoms with Crippen molar-refractivity contribution in [2.24, 2.45) is 0 Å². The Labute approximate surface area is 181 Å². The summed E-state index contributed by atoms with van der Waals surface area (Å²) in [5.41, 5.74) is 1.83. The lowest BCUT2D eigenvalue weighted by atomic mass is 10.0. The number of para-hydroxylation sites is 2. The van der Waals surface area contributed by atoms with Crippen LogP contribution in [-0.4, -0.2) is 28.7 Å². The Kier molecular flexibility index (Phi) is 5.15. The normalized spacial score (nSPS) is 16.1. The van der Waals surface area contributed by atoms with E-state index in [4.69, 9.17) is 4.74 Å². The summed E-state index contributed by atoms with van der Waals surface area (Å²) < 4.78 is 5.59. The second kappa shape index (κ2) is 7.80. The molecule has 0 aliphatic carbocycles. The molecule has 0 bridgehead atoms. The van der Waals surface area contributed by atoms with Crippen LogP contribution in [-0.2, 0) is 4.79 Å². The molecule has 0 spiro atoms. The van der Waals surface area contributed by atoms with Gasteiger partial charge in [-0.2, -0.15) is 0 Å². The monoisotopic (exact) mass is 416 g/mol. The topological polar surface area (TPSA) is 70.1 Å². The van der Waals surface area contributed by atoms with E-state index in [1.54, 1.807) is 29.2 Å². The summed E-state index contributed by atoms with van der Waals surface area (Å²) in [6, 6.07) is 24.5. The smallest absolute Gasteiger partial charge is 0.347 e. The molecule has 3 aromatic carbocycles. The highest BCUT2D eigenvalue weighted by atomic mass is 16.5. The summed E-state index contributed by atoms with van der Waals surface area (Å²) in [5.74, 6) is -0.713. The summed E-state index contributed by atoms with van der Waals surface area (Å²) in [5, 5.41) is 9.28. The summed E-state index contributed by atoms with van der Waals surface area (Å²) in [6.45, 7) is 4.97. The number of benzene rings is 3. The van der Waals surface area contributed by atoms with E-state index in [0.717, 1.165) is 11.4 Å². The third-order valence-electron chi connectivity index (χ3n) is 5.40. The predicted molar refractivity (Wildman–Crippen MR) is 120 cm³/mol. The zero-order chi connectivity index (χ0) is 22.2. The van der Waals surface area contributed by atoms with Gasteiger partial charge in [-0.15, -0.1) is 0 Å². The van der Waals surface area contributed by atoms with Gasteiger partial charge in [-0.1, -0.05) is 30.3 Å². The molecule has 0 aromatic heterocycles. The fraction of sp³-hybridized carbons (Fsp3) is 0.200. The van der Waals surface area contributed by atoms with E-state index in [1.165, 1.54) is 13.8 Å². The molecule has 158 valence electrons. The molecule has 31 heavy (non-hydrogen) atoms. The highest BCUT2D eigenvalue weighted by Crippen LogP contribution is 2.39. The fourth-order valence-corrected chi connectivity index (χ4v) is 3.77. The maximum absolute atomic E-state index is 13.4. The van der Waals surface area contributed by atoms with Crippen molar-refractivity contribution >= 4 is 28.9 Å². The molecule has 1 aliphatic rings. The lowest BCUT2D eigenvalue weighted by Gasteiger charge is -2.44. The standard InChI is InChI=1S/C25H24N2O4/c1-17-26(18-9-5-4-6-10-18)22-12-8-7-11-21(22)23(28)27(17)19-13-15-20(16-14-19)31-25(2,3)24(29)30/h4-17H,1-3H3,(H,29,30). The Morgan fingerprint density at radius 1 is 0.871 bits per heavy atom. The second-order valence-corrected chi connectivity index (χ2v) is 7.94. The van der Waals surface area contributed by atoms with E-state index in [2.05, 4.69) is 4.90 Å². The van der Waals surface area contributed by atoms with Gasteiger partial charge in [-0.3, -0.25) is 9.69 Å². The van der Waals surface area contributed by atoms with Crippen LogP contribution in [0.1, 0.15) is 31.1 Å². The third kappa shape index (κ3) is 3.72. The minimum absolute atomic E-state index is 0.0881. The average molecular weight is 416 g/mol. The van der Waals surface area contributed by atoms with Crippen molar-refractivity contribution in [3.05, 3.63) is 84.4 Å². The molecule has 6 nitrogen and oxygen atoms in total. The molecule has 1 N–H and O–H groups in total. The molecule has 0 radical (unpaired) electrons. The zero-order valence-corrected chi connectivity index (χ0v) is 17.6. The Balaban J connectivity index is 1.72. The molecule has 1 heterocycles. The van der Waals surface area contributed by atoms with E-state index in [1.807, 2.05) is 61.5 Å². The van der Waals surface area contributed by atoms with Crippen LogP contribution in [0.5, 0.6) is 5.75 Å². The Morgan fingerprint density at radius 2 is 1.45 bits per heavy atom. The van der Waals surface area contributed by atoms with Crippen LogP contribution in [0.15, 0.2) is 78.9 Å². The third-order valence-corrected chi connectivity index (χ3v) is 5.40. The maximum Gasteiger partial charge on any atom is 0.347 e. The quantitative estimate of drug-likeness (QED) is 0.629. The number of carbonyl (C=O) groups is 2. The zero-order valence-electron chi connectivity index (χ0n) is 17.6. The molecule has 4 rings (SSSR count). The molecule has 6 heteroatoms. The van der Waals surface area contributed by atoms with Gasteiger partial charge in [0.2, 0.25) is 0 Å². The van der Waals surface area contributed by atoms with Gasteiger partial charge in [0.1, 0.15) is 11.9 Å². The van der Waals surface area contributed by atoms with E-state index in [0.29, 0.717) is 17.0 Å². The van der Waals surface area contributed by atoms with Gasteiger partial charge in [0.05, 0.1) is 11.3 Å². The van der Waals surface area contributed by atoms with Crippen molar-refractivity contribution in [3.63, 3.8) is 0 Å². The summed E-state index contributed by atoms with van der Waals surface area (Å²) in [7, 11) is 0. The van der Waals surface area contributed by atoms with Crippen LogP contribution in [0.25, 0.3) is 0 Å². The molecule has 0 fully saturated rings. The van der Waals surface area contributed by atoms with Gasteiger partial charge in [-0.25, -0.2) is 4.79 Å². The first-order valence-electron chi connectivity index (χ1n) is 10.1. The number of amides is 1. The minimum atomic E-state index is -1.35. The summed E-state index contributed by atoms with van der Waals surface area (Å²) in [4.78, 5) is 28.6. The van der Waals surface area contributed by atoms with E-state index < -0.39 is 11.6 Å². The van der Waals surface area contributed by atoms with Crippen LogP contribution in [0.4, 0.5) is 17.1 Å². The van der Waals surface area contributed by atoms with Crippen LogP contribution < -0.4 is 14.5 Å². The number of anilines is 3. The number of aliphatic carboxylic acids is 1. The molecule has 0 saturated heterocycles. The van der Waals surface area contributed by atoms with Crippen molar-refractivity contribution in [1.82, 2.24) is 0 Å². The van der Waals surface area contributed by atoms with Crippen molar-refractivity contribution < 1.29 is 19.4 Å². The van der Waals surface area contributed by atoms with Gasteiger partial charge in [0.25, 0.3) is 5.91 Å². The average Bonchev–Trinajstić information content (AvgIpc) is 2.75. The largest absolute Gasteiger partial charge is 0.478 e. The molecule has 1 atom stereocenters. The number of carboxylic acid groups (broad SMARTS) is 1. The van der Waals surface area contributed by atoms with Crippen LogP contribution >= 0.6 is 0 Å². The van der Waals surface area contributed by atoms with Crippen LogP contribution in [0, 0.1) is 0 Å². The Bertz CT molecular complexity index is 1110. The number of hydrogen-bond acceptors (Lipinski definition) is 4. The van der Waals surface area contributed by atoms with E-state index in [9.17, 15) is 14.7 Å². The Morgan fingerprint density at radius 3 is 2.10 bits per heavy atom. The van der Waals surface area contributed by atoms with Crippen molar-refractivity contribution in [1.29, 1.82) is 0 Å². The first-order valence-corrected chi connectivity index (χ1v) is 10.1. The fourth-order valence-electron chi connectivity index (χ4n) is 3.77. The number of rotatable bonds is 5. The summed E-state index contributed by atoms with van der Waals surface area (Å²) in [6.07, 6.45) is -0.271. The van der Waals surface area contributed by atoms with Crippen molar-refractivity contribution in [3.8, 4) is 5.75 Å². The molecule has 0 saturated carbocycles. The van der Waals surface area contributed by atoms with Gasteiger partial charge in [0, 0.05) is 11.4 Å². The highest BCUT2D eigenvalue weighted by molar-refractivity contribution is 6.13. The molecule has 1 aliphatic heterocycles.